The monoisotopic (exact) mass is 236 g/mol. The highest BCUT2D eigenvalue weighted by Crippen LogP contribution is 2.26. The van der Waals surface area contributed by atoms with Crippen molar-refractivity contribution in [1.82, 2.24) is 9.55 Å². The molecule has 0 radical (unpaired) electrons. The van der Waals surface area contributed by atoms with Crippen LogP contribution in [-0.2, 0) is 24.2 Å². The molecule has 1 aliphatic rings. The van der Waals surface area contributed by atoms with Crippen molar-refractivity contribution < 1.29 is 9.90 Å². The average molecular weight is 236 g/mol. The lowest BCUT2D eigenvalue weighted by molar-refractivity contribution is -0.147. The van der Waals surface area contributed by atoms with Gasteiger partial charge in [0.15, 0.2) is 0 Å². The standard InChI is InChI=1S/C13H20N2O2/c1-9-14-10-6-4-5-7-11(10)15(9)8-13(2,3)12(16)17/h4-8H2,1-3H3,(H,16,17). The van der Waals surface area contributed by atoms with E-state index in [2.05, 4.69) is 9.55 Å². The van der Waals surface area contributed by atoms with Crippen molar-refractivity contribution >= 4 is 5.97 Å². The number of aliphatic carboxylic acids is 1. The zero-order chi connectivity index (χ0) is 12.6. The van der Waals surface area contributed by atoms with Crippen LogP contribution in [0.5, 0.6) is 0 Å². The Morgan fingerprint density at radius 1 is 1.41 bits per heavy atom. The van der Waals surface area contributed by atoms with Gasteiger partial charge >= 0.3 is 5.97 Å². The number of carbonyl (C=O) groups is 1. The van der Waals surface area contributed by atoms with Gasteiger partial charge in [0.1, 0.15) is 5.82 Å². The van der Waals surface area contributed by atoms with Crippen LogP contribution < -0.4 is 0 Å². The topological polar surface area (TPSA) is 55.1 Å². The summed E-state index contributed by atoms with van der Waals surface area (Å²) in [6.45, 7) is 6.01. The molecule has 0 atom stereocenters. The highest BCUT2D eigenvalue weighted by molar-refractivity contribution is 5.73. The third kappa shape index (κ3) is 2.21. The summed E-state index contributed by atoms with van der Waals surface area (Å²) in [7, 11) is 0. The maximum atomic E-state index is 11.2. The Morgan fingerprint density at radius 2 is 2.06 bits per heavy atom. The van der Waals surface area contributed by atoms with Crippen molar-refractivity contribution in [1.29, 1.82) is 0 Å². The van der Waals surface area contributed by atoms with Crippen molar-refractivity contribution in [3.63, 3.8) is 0 Å². The van der Waals surface area contributed by atoms with Gasteiger partial charge in [0.05, 0.1) is 11.1 Å². The number of aryl methyl sites for hydroxylation is 2. The van der Waals surface area contributed by atoms with E-state index in [-0.39, 0.29) is 0 Å². The first kappa shape index (κ1) is 12.1. The number of hydrogen-bond acceptors (Lipinski definition) is 2. The molecule has 94 valence electrons. The Kier molecular flexibility index (Phi) is 2.98. The van der Waals surface area contributed by atoms with Gasteiger partial charge in [0, 0.05) is 12.2 Å². The minimum absolute atomic E-state index is 0.510. The lowest BCUT2D eigenvalue weighted by Crippen LogP contribution is -2.30. The number of rotatable bonds is 3. The highest BCUT2D eigenvalue weighted by Gasteiger charge is 2.30. The maximum Gasteiger partial charge on any atom is 0.310 e. The van der Waals surface area contributed by atoms with Crippen molar-refractivity contribution in [2.75, 3.05) is 0 Å². The van der Waals surface area contributed by atoms with Gasteiger partial charge < -0.3 is 9.67 Å². The number of hydrogen-bond donors (Lipinski definition) is 1. The third-order valence-corrected chi connectivity index (χ3v) is 3.56. The number of nitrogens with zero attached hydrogens (tertiary/aromatic N) is 2. The second kappa shape index (κ2) is 4.17. The zero-order valence-electron chi connectivity index (χ0n) is 10.8. The normalized spacial score (nSPS) is 15.7. The van der Waals surface area contributed by atoms with Crippen molar-refractivity contribution in [3.8, 4) is 0 Å². The number of fused-ring (bicyclic) bond motifs is 1. The molecule has 1 heterocycles. The number of carboxylic acids is 1. The van der Waals surface area contributed by atoms with E-state index in [0.717, 1.165) is 18.7 Å². The van der Waals surface area contributed by atoms with E-state index in [1.54, 1.807) is 13.8 Å². The van der Waals surface area contributed by atoms with Crippen LogP contribution in [0.3, 0.4) is 0 Å². The lowest BCUT2D eigenvalue weighted by atomic mass is 9.93. The first-order valence-electron chi connectivity index (χ1n) is 6.20. The summed E-state index contributed by atoms with van der Waals surface area (Å²) in [5.41, 5.74) is 1.69. The number of aromatic nitrogens is 2. The molecule has 0 saturated heterocycles. The van der Waals surface area contributed by atoms with Gasteiger partial charge in [-0.05, 0) is 46.5 Å². The van der Waals surface area contributed by atoms with Crippen LogP contribution in [0.2, 0.25) is 0 Å². The van der Waals surface area contributed by atoms with Crippen LogP contribution in [0.4, 0.5) is 0 Å². The van der Waals surface area contributed by atoms with Crippen molar-refractivity contribution in [2.24, 2.45) is 5.41 Å². The number of carboxylic acid groups (broad SMARTS) is 1. The molecular formula is C13H20N2O2. The Labute approximate surface area is 102 Å². The summed E-state index contributed by atoms with van der Waals surface area (Å²) in [4.78, 5) is 15.8. The van der Waals surface area contributed by atoms with Gasteiger partial charge in [-0.25, -0.2) is 4.98 Å². The Bertz CT molecular complexity index is 447. The van der Waals surface area contributed by atoms with Gasteiger partial charge in [-0.3, -0.25) is 4.79 Å². The summed E-state index contributed by atoms with van der Waals surface area (Å²) in [6, 6.07) is 0. The molecule has 0 fully saturated rings. The predicted octanol–water partition coefficient (Wildman–Crippen LogP) is 2.18. The highest BCUT2D eigenvalue weighted by atomic mass is 16.4. The SMILES string of the molecule is Cc1nc2c(n1CC(C)(C)C(=O)O)CCCC2. The van der Waals surface area contributed by atoms with Gasteiger partial charge in [-0.2, -0.15) is 0 Å². The molecule has 1 aromatic heterocycles. The molecule has 4 heteroatoms. The molecule has 1 aliphatic carbocycles. The van der Waals surface area contributed by atoms with E-state index >= 15 is 0 Å². The molecular weight excluding hydrogens is 216 g/mol. The summed E-state index contributed by atoms with van der Waals surface area (Å²) < 4.78 is 2.10. The minimum atomic E-state index is -0.754. The van der Waals surface area contributed by atoms with Crippen LogP contribution in [0.15, 0.2) is 0 Å². The van der Waals surface area contributed by atoms with Crippen molar-refractivity contribution in [3.05, 3.63) is 17.2 Å². The van der Waals surface area contributed by atoms with Crippen LogP contribution in [0, 0.1) is 12.3 Å². The van der Waals surface area contributed by atoms with Crippen molar-refractivity contribution in [2.45, 2.75) is 53.0 Å². The molecule has 0 aliphatic heterocycles. The number of imidazole rings is 1. The second-order valence-electron chi connectivity index (χ2n) is 5.53. The second-order valence-corrected chi connectivity index (χ2v) is 5.53. The zero-order valence-corrected chi connectivity index (χ0v) is 10.8. The van der Waals surface area contributed by atoms with Crippen LogP contribution in [0.1, 0.15) is 43.9 Å². The molecule has 0 spiro atoms. The van der Waals surface area contributed by atoms with E-state index in [1.807, 2.05) is 6.92 Å². The molecule has 1 N–H and O–H groups in total. The smallest absolute Gasteiger partial charge is 0.310 e. The summed E-state index contributed by atoms with van der Waals surface area (Å²) >= 11 is 0. The molecule has 0 bridgehead atoms. The average Bonchev–Trinajstić information content (AvgIpc) is 2.55. The van der Waals surface area contributed by atoms with Crippen LogP contribution in [-0.4, -0.2) is 20.6 Å². The van der Waals surface area contributed by atoms with Crippen LogP contribution in [0.25, 0.3) is 0 Å². The summed E-state index contributed by atoms with van der Waals surface area (Å²) in [5.74, 6) is 0.196. The summed E-state index contributed by atoms with van der Waals surface area (Å²) in [6.07, 6.45) is 4.46. The molecule has 0 amide bonds. The van der Waals surface area contributed by atoms with Gasteiger partial charge in [0.2, 0.25) is 0 Å². The van der Waals surface area contributed by atoms with E-state index in [4.69, 9.17) is 0 Å². The van der Waals surface area contributed by atoms with E-state index < -0.39 is 11.4 Å². The minimum Gasteiger partial charge on any atom is -0.481 e. The van der Waals surface area contributed by atoms with Gasteiger partial charge in [-0.1, -0.05) is 0 Å². The molecule has 0 saturated carbocycles. The lowest BCUT2D eigenvalue weighted by Gasteiger charge is -2.23. The van der Waals surface area contributed by atoms with E-state index in [0.29, 0.717) is 6.54 Å². The molecule has 0 aromatic carbocycles. The first-order chi connectivity index (χ1) is 7.92. The van der Waals surface area contributed by atoms with E-state index in [9.17, 15) is 9.90 Å². The fourth-order valence-electron chi connectivity index (χ4n) is 2.41. The fourth-order valence-corrected chi connectivity index (χ4v) is 2.41. The van der Waals surface area contributed by atoms with Gasteiger partial charge in [-0.15, -0.1) is 0 Å². The largest absolute Gasteiger partial charge is 0.481 e. The third-order valence-electron chi connectivity index (χ3n) is 3.56. The first-order valence-corrected chi connectivity index (χ1v) is 6.20. The summed E-state index contributed by atoms with van der Waals surface area (Å²) in [5, 5.41) is 9.20. The quantitative estimate of drug-likeness (QED) is 0.875. The fraction of sp³-hybridized carbons (Fsp3) is 0.692. The molecule has 0 unspecified atom stereocenters. The molecule has 17 heavy (non-hydrogen) atoms. The van der Waals surface area contributed by atoms with E-state index in [1.165, 1.54) is 24.2 Å². The predicted molar refractivity (Wildman–Crippen MR) is 65.0 cm³/mol. The molecule has 4 nitrogen and oxygen atoms in total. The van der Waals surface area contributed by atoms with Gasteiger partial charge in [0.25, 0.3) is 0 Å². The van der Waals surface area contributed by atoms with Crippen LogP contribution >= 0.6 is 0 Å². The molecule has 1 aromatic rings. The Morgan fingerprint density at radius 3 is 2.71 bits per heavy atom. The maximum absolute atomic E-state index is 11.2. The Hall–Kier alpha value is -1.32. The molecule has 2 rings (SSSR count). The Balaban J connectivity index is 2.33.